The summed E-state index contributed by atoms with van der Waals surface area (Å²) in [6.07, 6.45) is 1.02. The van der Waals surface area contributed by atoms with Crippen LogP contribution in [0, 0.1) is 6.92 Å². The van der Waals surface area contributed by atoms with Crippen molar-refractivity contribution in [3.05, 3.63) is 34.9 Å². The quantitative estimate of drug-likeness (QED) is 0.827. The number of anilines is 1. The molecular formula is C15H20ClN3. The van der Waals surface area contributed by atoms with Gasteiger partial charge in [0.25, 0.3) is 0 Å². The lowest BCUT2D eigenvalue weighted by Crippen LogP contribution is -2.69. The van der Waals surface area contributed by atoms with E-state index in [2.05, 4.69) is 41.2 Å². The lowest BCUT2D eigenvalue weighted by Gasteiger charge is -2.53. The van der Waals surface area contributed by atoms with Gasteiger partial charge in [-0.2, -0.15) is 0 Å². The van der Waals surface area contributed by atoms with E-state index in [1.807, 2.05) is 6.92 Å². The van der Waals surface area contributed by atoms with Gasteiger partial charge in [0.2, 0.25) is 0 Å². The van der Waals surface area contributed by atoms with Crippen LogP contribution in [0.4, 0.5) is 5.69 Å². The molecule has 1 atom stereocenters. The number of halogens is 1. The predicted molar refractivity (Wildman–Crippen MR) is 81.6 cm³/mol. The summed E-state index contributed by atoms with van der Waals surface area (Å²) in [5.41, 5.74) is 4.24. The first-order valence-electron chi connectivity index (χ1n) is 6.84. The fourth-order valence-corrected chi connectivity index (χ4v) is 3.46. The average Bonchev–Trinajstić information content (AvgIpc) is 2.42. The highest BCUT2D eigenvalue weighted by molar-refractivity contribution is 6.33. The highest BCUT2D eigenvalue weighted by Crippen LogP contribution is 2.42. The van der Waals surface area contributed by atoms with Gasteiger partial charge < -0.3 is 15.5 Å². The summed E-state index contributed by atoms with van der Waals surface area (Å²) in [6.45, 7) is 11.3. The van der Waals surface area contributed by atoms with Crippen LogP contribution in [-0.4, -0.2) is 25.3 Å². The lowest BCUT2D eigenvalue weighted by atomic mass is 9.92. The van der Waals surface area contributed by atoms with E-state index in [0.29, 0.717) is 0 Å². The SMILES string of the molecule is C=C1N[C@@]2(CC)CNCCN2c2ccc(C)c(Cl)c21. The van der Waals surface area contributed by atoms with Gasteiger partial charge in [0.05, 0.1) is 5.02 Å². The van der Waals surface area contributed by atoms with Crippen LogP contribution in [0.25, 0.3) is 5.70 Å². The van der Waals surface area contributed by atoms with E-state index in [4.69, 9.17) is 11.6 Å². The average molecular weight is 278 g/mol. The highest BCUT2D eigenvalue weighted by Gasteiger charge is 2.42. The molecule has 1 fully saturated rings. The van der Waals surface area contributed by atoms with Crippen molar-refractivity contribution in [3.8, 4) is 0 Å². The van der Waals surface area contributed by atoms with E-state index < -0.39 is 0 Å². The molecule has 1 aromatic rings. The predicted octanol–water partition coefficient (Wildman–Crippen LogP) is 2.74. The molecule has 2 N–H and O–H groups in total. The van der Waals surface area contributed by atoms with Gasteiger partial charge in [0, 0.05) is 36.6 Å². The molecule has 19 heavy (non-hydrogen) atoms. The van der Waals surface area contributed by atoms with Gasteiger partial charge in [-0.15, -0.1) is 0 Å². The molecule has 0 amide bonds. The second-order valence-electron chi connectivity index (χ2n) is 5.41. The third kappa shape index (κ3) is 1.76. The molecule has 2 heterocycles. The minimum absolute atomic E-state index is 0.0685. The van der Waals surface area contributed by atoms with Gasteiger partial charge in [0.1, 0.15) is 5.66 Å². The molecule has 0 bridgehead atoms. The fraction of sp³-hybridized carbons (Fsp3) is 0.467. The standard InChI is InChI=1S/C15H20ClN3/c1-4-15-9-17-7-8-19(15)12-6-5-10(2)14(16)13(12)11(3)18-15/h5-6,17-18H,3-4,7-9H2,1-2H3/t15-/m1/s1. The van der Waals surface area contributed by atoms with Crippen molar-refractivity contribution < 1.29 is 0 Å². The highest BCUT2D eigenvalue weighted by atomic mass is 35.5. The number of nitrogens with zero attached hydrogens (tertiary/aromatic N) is 1. The van der Waals surface area contributed by atoms with Gasteiger partial charge in [-0.3, -0.25) is 0 Å². The third-order valence-electron chi connectivity index (χ3n) is 4.32. The first-order valence-corrected chi connectivity index (χ1v) is 7.22. The Kier molecular flexibility index (Phi) is 2.99. The topological polar surface area (TPSA) is 27.3 Å². The molecule has 102 valence electrons. The van der Waals surface area contributed by atoms with Crippen molar-refractivity contribution in [1.82, 2.24) is 10.6 Å². The summed E-state index contributed by atoms with van der Waals surface area (Å²) in [7, 11) is 0. The second-order valence-corrected chi connectivity index (χ2v) is 5.79. The molecule has 3 nitrogen and oxygen atoms in total. The van der Waals surface area contributed by atoms with Gasteiger partial charge >= 0.3 is 0 Å². The molecule has 0 spiro atoms. The Balaban J connectivity index is 2.18. The van der Waals surface area contributed by atoms with Gasteiger partial charge in [-0.25, -0.2) is 0 Å². The zero-order chi connectivity index (χ0) is 13.6. The van der Waals surface area contributed by atoms with E-state index in [1.54, 1.807) is 0 Å². The summed E-state index contributed by atoms with van der Waals surface area (Å²) in [4.78, 5) is 2.44. The van der Waals surface area contributed by atoms with Crippen LogP contribution < -0.4 is 15.5 Å². The molecule has 0 radical (unpaired) electrons. The van der Waals surface area contributed by atoms with Gasteiger partial charge in [-0.05, 0) is 25.0 Å². The number of nitrogens with one attached hydrogen (secondary N) is 2. The Morgan fingerprint density at radius 3 is 3.00 bits per heavy atom. The molecule has 2 aliphatic heterocycles. The summed E-state index contributed by atoms with van der Waals surface area (Å²) >= 11 is 6.48. The zero-order valence-corrected chi connectivity index (χ0v) is 12.3. The van der Waals surface area contributed by atoms with Crippen molar-refractivity contribution >= 4 is 23.0 Å². The van der Waals surface area contributed by atoms with Crippen LogP contribution in [0.2, 0.25) is 5.02 Å². The van der Waals surface area contributed by atoms with Crippen LogP contribution in [0.15, 0.2) is 18.7 Å². The maximum atomic E-state index is 6.48. The largest absolute Gasteiger partial charge is 0.362 e. The van der Waals surface area contributed by atoms with Crippen molar-refractivity contribution in [3.63, 3.8) is 0 Å². The number of hydrogen-bond acceptors (Lipinski definition) is 3. The van der Waals surface area contributed by atoms with E-state index in [1.165, 1.54) is 5.69 Å². The van der Waals surface area contributed by atoms with E-state index >= 15 is 0 Å². The number of aryl methyl sites for hydroxylation is 1. The lowest BCUT2D eigenvalue weighted by molar-refractivity contribution is 0.282. The molecule has 0 aliphatic carbocycles. The molecule has 4 heteroatoms. The van der Waals surface area contributed by atoms with Crippen LogP contribution >= 0.6 is 11.6 Å². The maximum Gasteiger partial charge on any atom is 0.123 e. The van der Waals surface area contributed by atoms with Crippen LogP contribution in [-0.2, 0) is 0 Å². The normalized spacial score (nSPS) is 25.6. The third-order valence-corrected chi connectivity index (χ3v) is 4.81. The smallest absolute Gasteiger partial charge is 0.123 e. The molecule has 1 aromatic carbocycles. The summed E-state index contributed by atoms with van der Waals surface area (Å²) in [6, 6.07) is 4.28. The van der Waals surface area contributed by atoms with Crippen LogP contribution in [0.1, 0.15) is 24.5 Å². The Morgan fingerprint density at radius 1 is 1.47 bits per heavy atom. The number of hydrogen-bond donors (Lipinski definition) is 2. The van der Waals surface area contributed by atoms with E-state index in [0.717, 1.165) is 47.9 Å². The van der Waals surface area contributed by atoms with Gasteiger partial charge in [-0.1, -0.05) is 31.2 Å². The molecule has 3 rings (SSSR count). The summed E-state index contributed by atoms with van der Waals surface area (Å²) < 4.78 is 0. The van der Waals surface area contributed by atoms with Crippen molar-refractivity contribution in [2.75, 3.05) is 24.5 Å². The van der Waals surface area contributed by atoms with Crippen molar-refractivity contribution in [2.24, 2.45) is 0 Å². The Labute approximate surface area is 119 Å². The Bertz CT molecular complexity index is 540. The Hall–Kier alpha value is -1.19. The van der Waals surface area contributed by atoms with E-state index in [9.17, 15) is 0 Å². The first-order chi connectivity index (χ1) is 9.09. The molecule has 1 saturated heterocycles. The molecule has 0 saturated carbocycles. The van der Waals surface area contributed by atoms with Crippen molar-refractivity contribution in [1.29, 1.82) is 0 Å². The van der Waals surface area contributed by atoms with E-state index in [-0.39, 0.29) is 5.66 Å². The molecule has 0 unspecified atom stereocenters. The fourth-order valence-electron chi connectivity index (χ4n) is 3.19. The zero-order valence-electron chi connectivity index (χ0n) is 11.5. The minimum Gasteiger partial charge on any atom is -0.362 e. The monoisotopic (exact) mass is 277 g/mol. The summed E-state index contributed by atoms with van der Waals surface area (Å²) in [5.74, 6) is 0. The number of rotatable bonds is 1. The van der Waals surface area contributed by atoms with Crippen LogP contribution in [0.5, 0.6) is 0 Å². The molecular weight excluding hydrogens is 258 g/mol. The number of piperazine rings is 1. The first kappa shape index (κ1) is 12.8. The molecule has 2 aliphatic rings. The van der Waals surface area contributed by atoms with Gasteiger partial charge in [0.15, 0.2) is 0 Å². The minimum atomic E-state index is -0.0685. The van der Waals surface area contributed by atoms with Crippen LogP contribution in [0.3, 0.4) is 0 Å². The number of benzene rings is 1. The maximum absolute atomic E-state index is 6.48. The Morgan fingerprint density at radius 2 is 2.26 bits per heavy atom. The second kappa shape index (κ2) is 4.43. The summed E-state index contributed by atoms with van der Waals surface area (Å²) in [5, 5.41) is 7.88. The molecule has 0 aromatic heterocycles. The number of fused-ring (bicyclic) bond motifs is 3. The van der Waals surface area contributed by atoms with Crippen molar-refractivity contribution in [2.45, 2.75) is 25.9 Å².